The maximum atomic E-state index is 12.1. The Hall–Kier alpha value is -1.26. The van der Waals surface area contributed by atoms with Crippen LogP contribution in [0.2, 0.25) is 0 Å². The normalized spacial score (nSPS) is 48.6. The van der Waals surface area contributed by atoms with E-state index in [1.165, 1.54) is 45.4 Å². The number of carbonyl (C=O) groups excluding carboxylic acids is 2. The topological polar surface area (TPSA) is 121 Å². The van der Waals surface area contributed by atoms with Crippen LogP contribution in [0.4, 0.5) is 0 Å². The van der Waals surface area contributed by atoms with E-state index in [9.17, 15) is 14.7 Å². The van der Waals surface area contributed by atoms with Crippen LogP contribution in [0.25, 0.3) is 0 Å². The third-order valence-corrected chi connectivity index (χ3v) is 16.4. The summed E-state index contributed by atoms with van der Waals surface area (Å²) in [7, 11) is 0. The third kappa shape index (κ3) is 4.79. The van der Waals surface area contributed by atoms with Gasteiger partial charge in [-0.2, -0.15) is 0 Å². The Morgan fingerprint density at radius 1 is 1.04 bits per heavy atom. The third-order valence-electron chi connectivity index (χ3n) is 16.4. The van der Waals surface area contributed by atoms with E-state index in [-0.39, 0.29) is 59.3 Å². The number of rotatable bonds is 8. The number of nitrogens with zero attached hydrogens (tertiary/aromatic N) is 1. The lowest BCUT2D eigenvalue weighted by Crippen LogP contribution is -2.59. The van der Waals surface area contributed by atoms with Crippen molar-refractivity contribution in [1.29, 1.82) is 0 Å². The molecular formula is C39H64N2O7. The van der Waals surface area contributed by atoms with E-state index in [0.29, 0.717) is 54.2 Å². The quantitative estimate of drug-likeness (QED) is 0.327. The molecule has 5 saturated carbocycles. The van der Waals surface area contributed by atoms with Gasteiger partial charge in [0.25, 0.3) is 0 Å². The van der Waals surface area contributed by atoms with Crippen LogP contribution >= 0.6 is 0 Å². The van der Waals surface area contributed by atoms with Gasteiger partial charge >= 0.3 is 5.97 Å². The first-order valence-corrected chi connectivity index (χ1v) is 19.3. The van der Waals surface area contributed by atoms with Gasteiger partial charge in [-0.1, -0.05) is 34.6 Å². The fourth-order valence-corrected chi connectivity index (χ4v) is 14.6. The Kier molecular flexibility index (Phi) is 8.52. The Balaban J connectivity index is 1.12. The Morgan fingerprint density at radius 2 is 1.75 bits per heavy atom. The Bertz CT molecular complexity index is 1280. The zero-order chi connectivity index (χ0) is 34.7. The zero-order valence-corrected chi connectivity index (χ0v) is 31.0. The lowest BCUT2D eigenvalue weighted by molar-refractivity contribution is -0.247. The molecule has 13 atom stereocenters. The summed E-state index contributed by atoms with van der Waals surface area (Å²) >= 11 is 0. The fraction of sp³-hybridized carbons (Fsp3) is 0.949. The summed E-state index contributed by atoms with van der Waals surface area (Å²) in [6, 6.07) is 0. The number of carbonyl (C=O) groups is 2. The molecular weight excluding hydrogens is 608 g/mol. The molecule has 272 valence electrons. The molecule has 7 rings (SSSR count). The first-order chi connectivity index (χ1) is 22.5. The van der Waals surface area contributed by atoms with E-state index in [4.69, 9.17) is 24.7 Å². The van der Waals surface area contributed by atoms with Gasteiger partial charge < -0.3 is 29.8 Å². The van der Waals surface area contributed by atoms with Crippen molar-refractivity contribution in [1.82, 2.24) is 4.90 Å². The van der Waals surface area contributed by atoms with E-state index < -0.39 is 11.7 Å². The van der Waals surface area contributed by atoms with E-state index in [1.807, 2.05) is 0 Å². The molecule has 13 unspecified atom stereocenters. The molecule has 0 aromatic heterocycles. The minimum absolute atomic E-state index is 0.0270. The summed E-state index contributed by atoms with van der Waals surface area (Å²) in [5, 5.41) is 11.0. The van der Waals surface area contributed by atoms with Crippen LogP contribution < -0.4 is 5.73 Å². The lowest BCUT2D eigenvalue weighted by atomic mass is 9.41. The molecule has 0 aromatic rings. The number of primary amides is 1. The first kappa shape index (κ1) is 35.2. The van der Waals surface area contributed by atoms with Gasteiger partial charge in [-0.15, -0.1) is 0 Å². The minimum atomic E-state index is -1.17. The molecule has 7 aliphatic rings. The minimum Gasteiger partial charge on any atom is -0.457 e. The van der Waals surface area contributed by atoms with Crippen LogP contribution in [-0.4, -0.2) is 84.4 Å². The van der Waals surface area contributed by atoms with Crippen molar-refractivity contribution >= 4 is 11.9 Å². The van der Waals surface area contributed by atoms with Gasteiger partial charge in [0.2, 0.25) is 5.91 Å². The van der Waals surface area contributed by atoms with E-state index >= 15 is 0 Å². The van der Waals surface area contributed by atoms with Crippen molar-refractivity contribution in [3.05, 3.63) is 0 Å². The molecule has 48 heavy (non-hydrogen) atoms. The fourth-order valence-electron chi connectivity index (χ4n) is 14.6. The second-order valence-corrected chi connectivity index (χ2v) is 18.7. The number of amides is 1. The molecule has 2 aliphatic heterocycles. The highest BCUT2D eigenvalue weighted by Crippen LogP contribution is 2.92. The summed E-state index contributed by atoms with van der Waals surface area (Å²) in [5.74, 6) is 1.83. The average molecular weight is 673 g/mol. The molecule has 9 nitrogen and oxygen atoms in total. The van der Waals surface area contributed by atoms with Gasteiger partial charge in [0, 0.05) is 13.5 Å². The highest BCUT2D eigenvalue weighted by Gasteiger charge is 2.87. The summed E-state index contributed by atoms with van der Waals surface area (Å²) in [6.45, 7) is 19.6. The van der Waals surface area contributed by atoms with Gasteiger partial charge in [-0.25, -0.2) is 0 Å². The Labute approximate surface area is 288 Å². The number of esters is 1. The second-order valence-electron chi connectivity index (χ2n) is 18.7. The summed E-state index contributed by atoms with van der Waals surface area (Å²) in [6.07, 6.45) is 10.5. The first-order valence-electron chi connectivity index (χ1n) is 19.3. The molecule has 2 spiro atoms. The highest BCUT2D eigenvalue weighted by atomic mass is 16.7. The average Bonchev–Trinajstić information content (AvgIpc) is 3.41. The van der Waals surface area contributed by atoms with Crippen LogP contribution in [0.5, 0.6) is 0 Å². The Morgan fingerprint density at radius 3 is 2.42 bits per heavy atom. The molecule has 1 amide bonds. The highest BCUT2D eigenvalue weighted by molar-refractivity contribution is 5.75. The van der Waals surface area contributed by atoms with Crippen molar-refractivity contribution in [2.24, 2.45) is 56.5 Å². The number of hydrogen-bond donors (Lipinski definition) is 2. The predicted octanol–water partition coefficient (Wildman–Crippen LogP) is 5.45. The molecule has 7 fully saturated rings. The van der Waals surface area contributed by atoms with E-state index in [0.717, 1.165) is 25.7 Å². The van der Waals surface area contributed by atoms with E-state index in [2.05, 4.69) is 39.5 Å². The van der Waals surface area contributed by atoms with Crippen molar-refractivity contribution in [3.63, 3.8) is 0 Å². The van der Waals surface area contributed by atoms with Crippen molar-refractivity contribution in [2.75, 3.05) is 26.2 Å². The maximum absolute atomic E-state index is 12.1. The van der Waals surface area contributed by atoms with Crippen LogP contribution in [-0.2, 0) is 28.5 Å². The summed E-state index contributed by atoms with van der Waals surface area (Å²) in [5.41, 5.74) is 5.53. The number of morpholine rings is 1. The number of fused-ring (bicyclic) bond motifs is 4. The van der Waals surface area contributed by atoms with Crippen LogP contribution in [0, 0.1) is 50.7 Å². The molecule has 9 heteroatoms. The van der Waals surface area contributed by atoms with Crippen molar-refractivity contribution in [3.8, 4) is 0 Å². The number of hydrogen-bond acceptors (Lipinski definition) is 8. The van der Waals surface area contributed by atoms with Crippen molar-refractivity contribution < 1.29 is 33.6 Å². The van der Waals surface area contributed by atoms with Crippen molar-refractivity contribution in [2.45, 2.75) is 156 Å². The number of nitrogens with two attached hydrogens (primary N) is 1. The van der Waals surface area contributed by atoms with Crippen LogP contribution in [0.15, 0.2) is 0 Å². The largest absolute Gasteiger partial charge is 0.457 e. The van der Waals surface area contributed by atoms with Crippen LogP contribution in [0.3, 0.4) is 0 Å². The zero-order valence-electron chi connectivity index (χ0n) is 31.0. The van der Waals surface area contributed by atoms with Gasteiger partial charge in [0.1, 0.15) is 0 Å². The second kappa shape index (κ2) is 11.6. The molecule has 0 radical (unpaired) electrons. The molecule has 0 bridgehead atoms. The maximum Gasteiger partial charge on any atom is 0.303 e. The van der Waals surface area contributed by atoms with Crippen LogP contribution in [0.1, 0.15) is 120 Å². The predicted molar refractivity (Wildman–Crippen MR) is 181 cm³/mol. The smallest absolute Gasteiger partial charge is 0.303 e. The lowest BCUT2D eigenvalue weighted by Gasteiger charge is -2.64. The standard InChI is InChI=1S/C39H64N2O7/c1-9-37-20-27-25(10-11-26(47-27)33(35(6,7)44)46-24(3)42)36(37,8)16-17-39-23(2)38(39)15-14-30(34(4,5)28(38)12-13-29(37)39)48-32-22-41(18-19-45-32)21-31(40)43/h23,25-30,32-33,44H,9-22H2,1-8H3,(H2,40,43). The SMILES string of the molecule is CCC12CC3OC(C(OC(C)=O)C(C)(C)O)CCC3C1(C)CCC13C2CCC2C(C)(C)C(OC4CN(CC(N)=O)CCO4)CCC21C3C. The molecule has 3 N–H and O–H groups in total. The van der Waals surface area contributed by atoms with Gasteiger partial charge in [-0.05, 0) is 129 Å². The number of ether oxygens (including phenoxy) is 4. The number of aliphatic hydroxyl groups is 1. The van der Waals surface area contributed by atoms with E-state index in [1.54, 1.807) is 13.8 Å². The monoisotopic (exact) mass is 672 g/mol. The molecule has 0 aromatic carbocycles. The summed E-state index contributed by atoms with van der Waals surface area (Å²) in [4.78, 5) is 25.7. The molecule has 2 saturated heterocycles. The van der Waals surface area contributed by atoms with Gasteiger partial charge in [0.05, 0.1) is 43.6 Å². The molecule has 2 heterocycles. The van der Waals surface area contributed by atoms with Gasteiger partial charge in [-0.3, -0.25) is 14.5 Å². The summed E-state index contributed by atoms with van der Waals surface area (Å²) < 4.78 is 25.6. The molecule has 5 aliphatic carbocycles. The van der Waals surface area contributed by atoms with Gasteiger partial charge in [0.15, 0.2) is 12.4 Å².